The fraction of sp³-hybridized carbons (Fsp3) is 0.667. The van der Waals surface area contributed by atoms with E-state index in [0.29, 0.717) is 11.8 Å². The number of aromatic hydroxyl groups is 1. The molecule has 1 fully saturated rings. The zero-order valence-corrected chi connectivity index (χ0v) is 12.9. The molecule has 2 nitrogen and oxygen atoms in total. The van der Waals surface area contributed by atoms with E-state index in [-0.39, 0.29) is 0 Å². The second-order valence-corrected chi connectivity index (χ2v) is 6.58. The number of phenolic OH excluding ortho intramolecular Hbond substituents is 1. The molecule has 2 rings (SSSR count). The number of phenols is 1. The molecule has 0 aromatic heterocycles. The number of aryl methyl sites for hydroxylation is 1. The topological polar surface area (TPSA) is 32.3 Å². The Morgan fingerprint density at radius 3 is 2.65 bits per heavy atom. The van der Waals surface area contributed by atoms with Gasteiger partial charge in [-0.25, -0.2) is 0 Å². The third-order valence-electron chi connectivity index (χ3n) is 4.58. The molecule has 1 aliphatic rings. The van der Waals surface area contributed by atoms with E-state index >= 15 is 0 Å². The number of nitrogens with one attached hydrogen (secondary N) is 1. The van der Waals surface area contributed by atoms with Crippen LogP contribution in [-0.2, 0) is 6.42 Å². The summed E-state index contributed by atoms with van der Waals surface area (Å²) in [7, 11) is 0. The van der Waals surface area contributed by atoms with Crippen molar-refractivity contribution in [3.05, 3.63) is 29.8 Å². The standard InChI is InChI=1S/C18H29NO/c1-14-4-3-5-17(11-6-14)19-15(2)7-8-16-9-12-18(20)13-10-16/h9-10,12-15,17,19-20H,3-8,11H2,1-2H3. The largest absolute Gasteiger partial charge is 0.508 e. The van der Waals surface area contributed by atoms with Crippen molar-refractivity contribution in [1.82, 2.24) is 5.32 Å². The van der Waals surface area contributed by atoms with E-state index in [0.717, 1.165) is 24.8 Å². The Morgan fingerprint density at radius 1 is 1.15 bits per heavy atom. The molecule has 3 unspecified atom stereocenters. The first-order valence-electron chi connectivity index (χ1n) is 8.17. The van der Waals surface area contributed by atoms with Crippen LogP contribution in [0.15, 0.2) is 24.3 Å². The van der Waals surface area contributed by atoms with Crippen LogP contribution in [0.5, 0.6) is 5.75 Å². The SMILES string of the molecule is CC1CCCC(NC(C)CCc2ccc(O)cc2)CC1. The van der Waals surface area contributed by atoms with Gasteiger partial charge in [0.2, 0.25) is 0 Å². The Bertz CT molecular complexity index is 387. The number of hydrogen-bond acceptors (Lipinski definition) is 2. The van der Waals surface area contributed by atoms with E-state index in [2.05, 4.69) is 19.2 Å². The summed E-state index contributed by atoms with van der Waals surface area (Å²) in [5.74, 6) is 1.27. The van der Waals surface area contributed by atoms with Gasteiger partial charge in [0.15, 0.2) is 0 Å². The maximum atomic E-state index is 9.29. The minimum atomic E-state index is 0.354. The Balaban J connectivity index is 1.71. The van der Waals surface area contributed by atoms with Crippen LogP contribution in [0, 0.1) is 5.92 Å². The van der Waals surface area contributed by atoms with Gasteiger partial charge in [0.25, 0.3) is 0 Å². The van der Waals surface area contributed by atoms with Crippen molar-refractivity contribution in [2.75, 3.05) is 0 Å². The van der Waals surface area contributed by atoms with Crippen molar-refractivity contribution in [2.45, 2.75) is 70.9 Å². The second-order valence-electron chi connectivity index (χ2n) is 6.58. The van der Waals surface area contributed by atoms with E-state index in [4.69, 9.17) is 0 Å². The van der Waals surface area contributed by atoms with Crippen molar-refractivity contribution >= 4 is 0 Å². The summed E-state index contributed by atoms with van der Waals surface area (Å²) in [4.78, 5) is 0. The lowest BCUT2D eigenvalue weighted by Crippen LogP contribution is -2.36. The van der Waals surface area contributed by atoms with Gasteiger partial charge in [-0.05, 0) is 62.6 Å². The van der Waals surface area contributed by atoms with Crippen molar-refractivity contribution in [3.8, 4) is 5.75 Å². The van der Waals surface area contributed by atoms with Gasteiger partial charge in [0, 0.05) is 12.1 Å². The number of hydrogen-bond donors (Lipinski definition) is 2. The molecule has 1 saturated carbocycles. The molecule has 0 bridgehead atoms. The predicted octanol–water partition coefficient (Wildman–Crippen LogP) is 4.27. The van der Waals surface area contributed by atoms with Crippen LogP contribution in [0.4, 0.5) is 0 Å². The van der Waals surface area contributed by atoms with Gasteiger partial charge >= 0.3 is 0 Å². The molecule has 0 saturated heterocycles. The average molecular weight is 275 g/mol. The Morgan fingerprint density at radius 2 is 1.90 bits per heavy atom. The van der Waals surface area contributed by atoms with E-state index in [1.165, 1.54) is 37.7 Å². The second kappa shape index (κ2) is 7.68. The maximum absolute atomic E-state index is 9.29. The van der Waals surface area contributed by atoms with Crippen molar-refractivity contribution < 1.29 is 5.11 Å². The number of benzene rings is 1. The summed E-state index contributed by atoms with van der Waals surface area (Å²) in [5, 5.41) is 13.1. The molecule has 112 valence electrons. The molecule has 0 radical (unpaired) electrons. The zero-order chi connectivity index (χ0) is 14.4. The highest BCUT2D eigenvalue weighted by atomic mass is 16.3. The molecule has 3 atom stereocenters. The first kappa shape index (κ1) is 15.4. The molecule has 1 aromatic carbocycles. The zero-order valence-electron chi connectivity index (χ0n) is 12.9. The van der Waals surface area contributed by atoms with Gasteiger partial charge in [0.1, 0.15) is 5.75 Å². The predicted molar refractivity (Wildman–Crippen MR) is 85.1 cm³/mol. The van der Waals surface area contributed by atoms with Gasteiger partial charge in [0.05, 0.1) is 0 Å². The Labute approximate surface area is 123 Å². The van der Waals surface area contributed by atoms with Crippen molar-refractivity contribution in [1.29, 1.82) is 0 Å². The lowest BCUT2D eigenvalue weighted by molar-refractivity contribution is 0.389. The van der Waals surface area contributed by atoms with Gasteiger partial charge in [-0.1, -0.05) is 31.9 Å². The van der Waals surface area contributed by atoms with E-state index in [9.17, 15) is 5.11 Å². The van der Waals surface area contributed by atoms with E-state index in [1.807, 2.05) is 12.1 Å². The molecule has 20 heavy (non-hydrogen) atoms. The lowest BCUT2D eigenvalue weighted by Gasteiger charge is -2.22. The minimum Gasteiger partial charge on any atom is -0.508 e. The molecule has 0 aliphatic heterocycles. The first-order chi connectivity index (χ1) is 9.63. The highest BCUT2D eigenvalue weighted by Gasteiger charge is 2.17. The van der Waals surface area contributed by atoms with Gasteiger partial charge < -0.3 is 10.4 Å². The molecule has 2 heteroatoms. The van der Waals surface area contributed by atoms with Crippen LogP contribution in [0.2, 0.25) is 0 Å². The fourth-order valence-electron chi connectivity index (χ4n) is 3.19. The monoisotopic (exact) mass is 275 g/mol. The van der Waals surface area contributed by atoms with Crippen LogP contribution in [-0.4, -0.2) is 17.2 Å². The summed E-state index contributed by atoms with van der Waals surface area (Å²) < 4.78 is 0. The summed E-state index contributed by atoms with van der Waals surface area (Å²) in [6, 6.07) is 8.89. The molecule has 0 heterocycles. The first-order valence-corrected chi connectivity index (χ1v) is 8.17. The minimum absolute atomic E-state index is 0.354. The molecule has 1 aliphatic carbocycles. The van der Waals surface area contributed by atoms with Crippen LogP contribution >= 0.6 is 0 Å². The molecule has 0 amide bonds. The molecular formula is C18H29NO. The highest BCUT2D eigenvalue weighted by Crippen LogP contribution is 2.23. The molecule has 2 N–H and O–H groups in total. The third-order valence-corrected chi connectivity index (χ3v) is 4.58. The summed E-state index contributed by atoms with van der Waals surface area (Å²) >= 11 is 0. The van der Waals surface area contributed by atoms with Gasteiger partial charge in [-0.3, -0.25) is 0 Å². The molecule has 1 aromatic rings. The molecule has 0 spiro atoms. The number of rotatable bonds is 5. The summed E-state index contributed by atoms with van der Waals surface area (Å²) in [6.07, 6.45) is 9.08. The third kappa shape index (κ3) is 5.16. The van der Waals surface area contributed by atoms with E-state index < -0.39 is 0 Å². The average Bonchev–Trinajstić information content (AvgIpc) is 2.63. The van der Waals surface area contributed by atoms with Crippen LogP contribution in [0.3, 0.4) is 0 Å². The Hall–Kier alpha value is -1.02. The van der Waals surface area contributed by atoms with E-state index in [1.54, 1.807) is 12.1 Å². The smallest absolute Gasteiger partial charge is 0.115 e. The quantitative estimate of drug-likeness (QED) is 0.786. The van der Waals surface area contributed by atoms with Crippen LogP contribution < -0.4 is 5.32 Å². The van der Waals surface area contributed by atoms with Crippen molar-refractivity contribution in [3.63, 3.8) is 0 Å². The highest BCUT2D eigenvalue weighted by molar-refractivity contribution is 5.25. The van der Waals surface area contributed by atoms with Crippen LogP contribution in [0.1, 0.15) is 57.9 Å². The lowest BCUT2D eigenvalue weighted by atomic mass is 10.0. The normalized spacial score (nSPS) is 25.1. The summed E-state index contributed by atoms with van der Waals surface area (Å²) in [5.41, 5.74) is 1.31. The van der Waals surface area contributed by atoms with Gasteiger partial charge in [-0.2, -0.15) is 0 Å². The Kier molecular flexibility index (Phi) is 5.90. The van der Waals surface area contributed by atoms with Crippen LogP contribution in [0.25, 0.3) is 0 Å². The van der Waals surface area contributed by atoms with Gasteiger partial charge in [-0.15, -0.1) is 0 Å². The molecular weight excluding hydrogens is 246 g/mol. The fourth-order valence-corrected chi connectivity index (χ4v) is 3.19. The maximum Gasteiger partial charge on any atom is 0.115 e. The summed E-state index contributed by atoms with van der Waals surface area (Å²) in [6.45, 7) is 4.69. The van der Waals surface area contributed by atoms with Crippen molar-refractivity contribution in [2.24, 2.45) is 5.92 Å².